The third-order valence-electron chi connectivity index (χ3n) is 1.74. The lowest BCUT2D eigenvalue weighted by atomic mass is 10.1. The van der Waals surface area contributed by atoms with E-state index in [1.54, 1.807) is 24.4 Å². The Bertz CT molecular complexity index is 216. The van der Waals surface area contributed by atoms with Gasteiger partial charge in [-0.05, 0) is 12.5 Å². The Morgan fingerprint density at radius 1 is 1.46 bits per heavy atom. The van der Waals surface area contributed by atoms with Crippen molar-refractivity contribution >= 4 is 5.91 Å². The standard InChI is InChI=1S/C11H17NO/c1-4-6-7-8-9-12-11(13)10(3)5-2/h4,6-10H,1,5H2,2-3H3,(H,12,13)/b7-6-,9-8+. The monoisotopic (exact) mass is 179 g/mol. The van der Waals surface area contributed by atoms with E-state index in [0.29, 0.717) is 0 Å². The molecule has 0 saturated carbocycles. The first kappa shape index (κ1) is 11.7. The minimum atomic E-state index is 0.0609. The molecule has 13 heavy (non-hydrogen) atoms. The average Bonchev–Trinajstić information content (AvgIpc) is 2.16. The van der Waals surface area contributed by atoms with Gasteiger partial charge in [0.2, 0.25) is 5.91 Å². The van der Waals surface area contributed by atoms with Crippen LogP contribution in [0, 0.1) is 5.92 Å². The van der Waals surface area contributed by atoms with E-state index in [4.69, 9.17) is 0 Å². The highest BCUT2D eigenvalue weighted by molar-refractivity contribution is 5.79. The van der Waals surface area contributed by atoms with E-state index in [1.807, 2.05) is 19.9 Å². The largest absolute Gasteiger partial charge is 0.332 e. The Balaban J connectivity index is 3.75. The quantitative estimate of drug-likeness (QED) is 0.645. The van der Waals surface area contributed by atoms with Crippen molar-refractivity contribution in [2.45, 2.75) is 20.3 Å². The highest BCUT2D eigenvalue weighted by Gasteiger charge is 2.06. The summed E-state index contributed by atoms with van der Waals surface area (Å²) in [5.74, 6) is 0.138. The van der Waals surface area contributed by atoms with Crippen LogP contribution in [0.15, 0.2) is 37.1 Å². The topological polar surface area (TPSA) is 29.1 Å². The number of nitrogens with one attached hydrogen (secondary N) is 1. The van der Waals surface area contributed by atoms with E-state index in [0.717, 1.165) is 6.42 Å². The molecule has 2 nitrogen and oxygen atoms in total. The summed E-state index contributed by atoms with van der Waals surface area (Å²) in [6, 6.07) is 0. The van der Waals surface area contributed by atoms with Crippen molar-refractivity contribution in [3.63, 3.8) is 0 Å². The van der Waals surface area contributed by atoms with Gasteiger partial charge in [0.25, 0.3) is 0 Å². The SMILES string of the molecule is C=C/C=C\C=C\NC(=O)C(C)CC. The minimum absolute atomic E-state index is 0.0609. The normalized spacial score (nSPS) is 13.4. The number of hydrogen-bond donors (Lipinski definition) is 1. The zero-order valence-electron chi connectivity index (χ0n) is 8.29. The van der Waals surface area contributed by atoms with E-state index in [1.165, 1.54) is 0 Å². The second-order valence-corrected chi connectivity index (χ2v) is 2.80. The van der Waals surface area contributed by atoms with Crippen LogP contribution in [-0.2, 0) is 4.79 Å². The highest BCUT2D eigenvalue weighted by atomic mass is 16.1. The fraction of sp³-hybridized carbons (Fsp3) is 0.364. The smallest absolute Gasteiger partial charge is 0.226 e. The number of carbonyl (C=O) groups is 1. The predicted octanol–water partition coefficient (Wildman–Crippen LogP) is 2.40. The van der Waals surface area contributed by atoms with E-state index in [-0.39, 0.29) is 11.8 Å². The van der Waals surface area contributed by atoms with Crippen molar-refractivity contribution in [2.24, 2.45) is 5.92 Å². The molecule has 0 bridgehead atoms. The number of amides is 1. The maximum absolute atomic E-state index is 11.2. The van der Waals surface area contributed by atoms with Crippen molar-refractivity contribution in [3.05, 3.63) is 37.1 Å². The van der Waals surface area contributed by atoms with Crippen molar-refractivity contribution in [1.29, 1.82) is 0 Å². The Morgan fingerprint density at radius 2 is 2.15 bits per heavy atom. The molecule has 1 atom stereocenters. The van der Waals surface area contributed by atoms with Crippen LogP contribution < -0.4 is 5.32 Å². The summed E-state index contributed by atoms with van der Waals surface area (Å²) in [7, 11) is 0. The van der Waals surface area contributed by atoms with Crippen LogP contribution in [0.4, 0.5) is 0 Å². The molecular weight excluding hydrogens is 162 g/mol. The minimum Gasteiger partial charge on any atom is -0.332 e. The van der Waals surface area contributed by atoms with Crippen molar-refractivity contribution in [1.82, 2.24) is 5.32 Å². The summed E-state index contributed by atoms with van der Waals surface area (Å²) in [5.41, 5.74) is 0. The molecule has 0 heterocycles. The molecular formula is C11H17NO. The molecule has 0 fully saturated rings. The van der Waals surface area contributed by atoms with Gasteiger partial charge < -0.3 is 5.32 Å². The van der Waals surface area contributed by atoms with E-state index in [2.05, 4.69) is 11.9 Å². The van der Waals surface area contributed by atoms with Crippen LogP contribution in [0.1, 0.15) is 20.3 Å². The fourth-order valence-electron chi connectivity index (χ4n) is 0.656. The summed E-state index contributed by atoms with van der Waals surface area (Å²) in [5, 5.41) is 2.69. The van der Waals surface area contributed by atoms with Gasteiger partial charge in [0, 0.05) is 12.1 Å². The molecule has 72 valence electrons. The second-order valence-electron chi connectivity index (χ2n) is 2.80. The third kappa shape index (κ3) is 5.91. The molecule has 1 unspecified atom stereocenters. The van der Waals surface area contributed by atoms with Crippen LogP contribution >= 0.6 is 0 Å². The molecule has 1 N–H and O–H groups in total. The summed E-state index contributed by atoms with van der Waals surface area (Å²) < 4.78 is 0. The first-order chi connectivity index (χ1) is 6.22. The molecule has 0 aliphatic heterocycles. The molecule has 0 spiro atoms. The lowest BCUT2D eigenvalue weighted by molar-refractivity contribution is -0.123. The second kappa shape index (κ2) is 7.35. The number of allylic oxidation sites excluding steroid dienone is 4. The van der Waals surface area contributed by atoms with Crippen LogP contribution in [0.2, 0.25) is 0 Å². The van der Waals surface area contributed by atoms with E-state index in [9.17, 15) is 4.79 Å². The highest BCUT2D eigenvalue weighted by Crippen LogP contribution is 1.98. The molecule has 0 aromatic carbocycles. The zero-order chi connectivity index (χ0) is 10.1. The number of hydrogen-bond acceptors (Lipinski definition) is 1. The van der Waals surface area contributed by atoms with Crippen molar-refractivity contribution in [3.8, 4) is 0 Å². The first-order valence-electron chi connectivity index (χ1n) is 4.47. The van der Waals surface area contributed by atoms with Gasteiger partial charge in [-0.2, -0.15) is 0 Å². The Kier molecular flexibility index (Phi) is 6.60. The first-order valence-corrected chi connectivity index (χ1v) is 4.47. The maximum Gasteiger partial charge on any atom is 0.226 e. The van der Waals surface area contributed by atoms with Gasteiger partial charge in [-0.25, -0.2) is 0 Å². The molecule has 2 heteroatoms. The maximum atomic E-state index is 11.2. The van der Waals surface area contributed by atoms with Crippen LogP contribution in [0.3, 0.4) is 0 Å². The van der Waals surface area contributed by atoms with Gasteiger partial charge in [0.05, 0.1) is 0 Å². The molecule has 0 radical (unpaired) electrons. The summed E-state index contributed by atoms with van der Waals surface area (Å²) in [6.45, 7) is 7.42. The molecule has 0 aromatic heterocycles. The molecule has 0 saturated heterocycles. The Hall–Kier alpha value is -1.31. The Morgan fingerprint density at radius 3 is 2.69 bits per heavy atom. The van der Waals surface area contributed by atoms with Gasteiger partial charge in [-0.15, -0.1) is 0 Å². The van der Waals surface area contributed by atoms with E-state index < -0.39 is 0 Å². The van der Waals surface area contributed by atoms with Gasteiger partial charge in [-0.1, -0.05) is 38.7 Å². The van der Waals surface area contributed by atoms with Crippen molar-refractivity contribution < 1.29 is 4.79 Å². The average molecular weight is 179 g/mol. The molecule has 0 aromatic rings. The molecule has 0 rings (SSSR count). The lowest BCUT2D eigenvalue weighted by Crippen LogP contribution is -2.23. The predicted molar refractivity (Wildman–Crippen MR) is 56.1 cm³/mol. The summed E-state index contributed by atoms with van der Waals surface area (Å²) in [4.78, 5) is 11.2. The Labute approximate surface area is 80.0 Å². The van der Waals surface area contributed by atoms with Crippen LogP contribution in [-0.4, -0.2) is 5.91 Å². The number of carbonyl (C=O) groups excluding carboxylic acids is 1. The van der Waals surface area contributed by atoms with Gasteiger partial charge in [0.1, 0.15) is 0 Å². The van der Waals surface area contributed by atoms with Gasteiger partial charge >= 0.3 is 0 Å². The van der Waals surface area contributed by atoms with Crippen LogP contribution in [0.25, 0.3) is 0 Å². The van der Waals surface area contributed by atoms with Gasteiger partial charge in [0.15, 0.2) is 0 Å². The molecule has 0 aliphatic carbocycles. The van der Waals surface area contributed by atoms with Crippen LogP contribution in [0.5, 0.6) is 0 Å². The zero-order valence-corrected chi connectivity index (χ0v) is 8.29. The fourth-order valence-corrected chi connectivity index (χ4v) is 0.656. The molecule has 1 amide bonds. The third-order valence-corrected chi connectivity index (χ3v) is 1.74. The molecule has 0 aliphatic rings. The van der Waals surface area contributed by atoms with Gasteiger partial charge in [-0.3, -0.25) is 4.79 Å². The van der Waals surface area contributed by atoms with Crippen molar-refractivity contribution in [2.75, 3.05) is 0 Å². The summed E-state index contributed by atoms with van der Waals surface area (Å²) in [6.07, 6.45) is 9.55. The summed E-state index contributed by atoms with van der Waals surface area (Å²) >= 11 is 0. The lowest BCUT2D eigenvalue weighted by Gasteiger charge is -2.04. The number of rotatable bonds is 5. The van der Waals surface area contributed by atoms with E-state index >= 15 is 0 Å².